The van der Waals surface area contributed by atoms with Crippen molar-refractivity contribution in [2.45, 2.75) is 26.8 Å². The first-order valence-corrected chi connectivity index (χ1v) is 11.7. The van der Waals surface area contributed by atoms with Crippen LogP contribution in [0, 0.1) is 17.0 Å². The normalized spacial score (nSPS) is 15.4. The van der Waals surface area contributed by atoms with Crippen LogP contribution in [0.4, 0.5) is 5.69 Å². The van der Waals surface area contributed by atoms with Crippen LogP contribution in [-0.4, -0.2) is 29.2 Å². The molecule has 0 amide bonds. The van der Waals surface area contributed by atoms with Gasteiger partial charge in [-0.15, -0.1) is 0 Å². The third kappa shape index (κ3) is 4.40. The summed E-state index contributed by atoms with van der Waals surface area (Å²) in [6.07, 6.45) is 1.71. The van der Waals surface area contributed by atoms with Crippen molar-refractivity contribution in [3.63, 3.8) is 0 Å². The molecule has 1 aliphatic rings. The van der Waals surface area contributed by atoms with E-state index in [0.29, 0.717) is 37.5 Å². The van der Waals surface area contributed by atoms with Gasteiger partial charge >= 0.3 is 5.97 Å². The summed E-state index contributed by atoms with van der Waals surface area (Å²) in [7, 11) is 1.55. The van der Waals surface area contributed by atoms with E-state index in [-0.39, 0.29) is 23.4 Å². The van der Waals surface area contributed by atoms with Gasteiger partial charge in [-0.1, -0.05) is 41.7 Å². The van der Waals surface area contributed by atoms with E-state index in [2.05, 4.69) is 4.99 Å². The van der Waals surface area contributed by atoms with Crippen LogP contribution in [-0.2, 0) is 9.53 Å². The lowest BCUT2D eigenvalue weighted by atomic mass is 9.94. The van der Waals surface area contributed by atoms with Crippen LogP contribution in [0.2, 0.25) is 0 Å². The van der Waals surface area contributed by atoms with Gasteiger partial charge in [0.05, 0.1) is 40.5 Å². The maximum atomic E-state index is 13.7. The molecule has 1 aromatic heterocycles. The molecule has 0 bridgehead atoms. The maximum absolute atomic E-state index is 13.7. The van der Waals surface area contributed by atoms with E-state index >= 15 is 0 Å². The zero-order chi connectivity index (χ0) is 25.3. The molecule has 35 heavy (non-hydrogen) atoms. The van der Waals surface area contributed by atoms with Crippen molar-refractivity contribution >= 4 is 29.1 Å². The molecule has 1 aliphatic heterocycles. The first kappa shape index (κ1) is 24.1. The molecule has 0 saturated carbocycles. The highest BCUT2D eigenvalue weighted by Gasteiger charge is 2.34. The number of nitro benzene ring substituents is 1. The van der Waals surface area contributed by atoms with E-state index in [1.54, 1.807) is 52.2 Å². The van der Waals surface area contributed by atoms with Gasteiger partial charge in [0.15, 0.2) is 4.80 Å². The van der Waals surface area contributed by atoms with Gasteiger partial charge in [0.2, 0.25) is 0 Å². The summed E-state index contributed by atoms with van der Waals surface area (Å²) in [5.41, 5.74) is 1.69. The van der Waals surface area contributed by atoms with Crippen LogP contribution in [0.15, 0.2) is 63.5 Å². The molecule has 1 atom stereocenters. The summed E-state index contributed by atoms with van der Waals surface area (Å²) in [4.78, 5) is 42.7. The molecule has 0 fully saturated rings. The SMILES string of the molecule is CCOC(=O)C1=C(C)N=c2s/c(=C/c3ccccc3OC)c(=O)n2[C@H]1c1ccc(C)c([N+](=O)[O-])c1. The van der Waals surface area contributed by atoms with Crippen LogP contribution in [0.3, 0.4) is 0 Å². The van der Waals surface area contributed by atoms with Crippen LogP contribution in [0.25, 0.3) is 6.08 Å². The Morgan fingerprint density at radius 3 is 2.69 bits per heavy atom. The zero-order valence-corrected chi connectivity index (χ0v) is 20.4. The summed E-state index contributed by atoms with van der Waals surface area (Å²) in [5.74, 6) is -0.0200. The minimum absolute atomic E-state index is 0.100. The second-order valence-corrected chi connectivity index (χ2v) is 8.86. The predicted molar refractivity (Wildman–Crippen MR) is 131 cm³/mol. The molecule has 0 unspecified atom stereocenters. The fourth-order valence-electron chi connectivity index (χ4n) is 4.03. The lowest BCUT2D eigenvalue weighted by Gasteiger charge is -2.24. The highest BCUT2D eigenvalue weighted by Crippen LogP contribution is 2.33. The van der Waals surface area contributed by atoms with Crippen molar-refractivity contribution in [1.82, 2.24) is 4.57 Å². The number of nitro groups is 1. The Morgan fingerprint density at radius 2 is 2.00 bits per heavy atom. The Labute approximate surface area is 204 Å². The largest absolute Gasteiger partial charge is 0.496 e. The molecule has 4 rings (SSSR count). The topological polar surface area (TPSA) is 113 Å². The van der Waals surface area contributed by atoms with Gasteiger partial charge < -0.3 is 9.47 Å². The van der Waals surface area contributed by atoms with Gasteiger partial charge in [0, 0.05) is 17.2 Å². The van der Waals surface area contributed by atoms with Gasteiger partial charge in [0.1, 0.15) is 5.75 Å². The summed E-state index contributed by atoms with van der Waals surface area (Å²) in [6.45, 7) is 5.11. The number of carbonyl (C=O) groups excluding carboxylic acids is 1. The van der Waals surface area contributed by atoms with Gasteiger partial charge in [-0.25, -0.2) is 9.79 Å². The number of methoxy groups -OCH3 is 1. The molecule has 0 saturated heterocycles. The number of thiazole rings is 1. The molecule has 2 heterocycles. The van der Waals surface area contributed by atoms with Crippen molar-refractivity contribution in [3.8, 4) is 5.75 Å². The van der Waals surface area contributed by atoms with Gasteiger partial charge in [-0.05, 0) is 38.5 Å². The number of carbonyl (C=O) groups is 1. The molecule has 10 heteroatoms. The van der Waals surface area contributed by atoms with Gasteiger partial charge in [-0.2, -0.15) is 0 Å². The molecule has 2 aromatic carbocycles. The number of para-hydroxylation sites is 1. The van der Waals surface area contributed by atoms with Gasteiger partial charge in [-0.3, -0.25) is 19.5 Å². The number of hydrogen-bond donors (Lipinski definition) is 0. The lowest BCUT2D eigenvalue weighted by molar-refractivity contribution is -0.385. The summed E-state index contributed by atoms with van der Waals surface area (Å²) < 4.78 is 12.5. The third-order valence-electron chi connectivity index (χ3n) is 5.69. The van der Waals surface area contributed by atoms with E-state index in [1.165, 1.54) is 22.0 Å². The summed E-state index contributed by atoms with van der Waals surface area (Å²) >= 11 is 1.17. The summed E-state index contributed by atoms with van der Waals surface area (Å²) in [6, 6.07) is 11.0. The number of aromatic nitrogens is 1. The fourth-order valence-corrected chi connectivity index (χ4v) is 5.06. The van der Waals surface area contributed by atoms with Crippen molar-refractivity contribution in [3.05, 3.63) is 100 Å². The Morgan fingerprint density at radius 1 is 1.26 bits per heavy atom. The number of aryl methyl sites for hydroxylation is 1. The molecule has 9 nitrogen and oxygen atoms in total. The highest BCUT2D eigenvalue weighted by atomic mass is 32.1. The number of allylic oxidation sites excluding steroid dienone is 1. The number of fused-ring (bicyclic) bond motifs is 1. The molecule has 180 valence electrons. The fraction of sp³-hybridized carbons (Fsp3) is 0.240. The first-order valence-electron chi connectivity index (χ1n) is 10.8. The third-order valence-corrected chi connectivity index (χ3v) is 6.67. The monoisotopic (exact) mass is 493 g/mol. The lowest BCUT2D eigenvalue weighted by Crippen LogP contribution is -2.40. The predicted octanol–water partition coefficient (Wildman–Crippen LogP) is 3.02. The molecule has 3 aromatic rings. The Bertz CT molecular complexity index is 1550. The molecule has 0 N–H and O–H groups in total. The van der Waals surface area contributed by atoms with Crippen molar-refractivity contribution in [1.29, 1.82) is 0 Å². The number of hydrogen-bond acceptors (Lipinski definition) is 8. The Balaban J connectivity index is 2.00. The van der Waals surface area contributed by atoms with Gasteiger partial charge in [0.25, 0.3) is 11.2 Å². The smallest absolute Gasteiger partial charge is 0.338 e. The molecule has 0 aliphatic carbocycles. The van der Waals surface area contributed by atoms with Crippen LogP contribution >= 0.6 is 11.3 Å². The average molecular weight is 494 g/mol. The van der Waals surface area contributed by atoms with Crippen molar-refractivity contribution in [2.75, 3.05) is 13.7 Å². The van der Waals surface area contributed by atoms with E-state index < -0.39 is 16.9 Å². The quantitative estimate of drug-likeness (QED) is 0.296. The summed E-state index contributed by atoms with van der Waals surface area (Å²) in [5, 5.41) is 11.6. The highest BCUT2D eigenvalue weighted by molar-refractivity contribution is 7.07. The minimum atomic E-state index is -0.926. The second kappa shape index (κ2) is 9.67. The zero-order valence-electron chi connectivity index (χ0n) is 19.6. The first-order chi connectivity index (χ1) is 16.8. The molecular formula is C25H23N3O6S. The Hall–Kier alpha value is -4.05. The average Bonchev–Trinajstić information content (AvgIpc) is 3.13. The second-order valence-electron chi connectivity index (χ2n) is 7.85. The standard InChI is InChI=1S/C25H23N3O6S/c1-5-34-24(30)21-15(3)26-25-27(22(21)17-11-10-14(2)18(12-17)28(31)32)23(29)20(35-25)13-16-8-6-7-9-19(16)33-4/h6-13,22H,5H2,1-4H3/b20-13+/t22-/m0/s1. The van der Waals surface area contributed by atoms with E-state index in [9.17, 15) is 19.7 Å². The van der Waals surface area contributed by atoms with E-state index in [0.717, 1.165) is 0 Å². The number of ether oxygens (including phenoxy) is 2. The molecule has 0 radical (unpaired) electrons. The van der Waals surface area contributed by atoms with Crippen LogP contribution in [0.5, 0.6) is 5.75 Å². The molecular weight excluding hydrogens is 470 g/mol. The number of rotatable bonds is 6. The number of benzene rings is 2. The number of nitrogens with zero attached hydrogens (tertiary/aromatic N) is 3. The van der Waals surface area contributed by atoms with Crippen molar-refractivity contribution < 1.29 is 19.2 Å². The minimum Gasteiger partial charge on any atom is -0.496 e. The number of esters is 1. The van der Waals surface area contributed by atoms with Crippen LogP contribution < -0.4 is 19.6 Å². The Kier molecular flexibility index (Phi) is 6.65. The van der Waals surface area contributed by atoms with E-state index in [4.69, 9.17) is 9.47 Å². The molecule has 0 spiro atoms. The van der Waals surface area contributed by atoms with Crippen LogP contribution in [0.1, 0.15) is 36.6 Å². The maximum Gasteiger partial charge on any atom is 0.338 e. The van der Waals surface area contributed by atoms with E-state index in [1.807, 2.05) is 18.2 Å². The van der Waals surface area contributed by atoms with Crippen molar-refractivity contribution in [2.24, 2.45) is 4.99 Å².